The van der Waals surface area contributed by atoms with Crippen LogP contribution in [0.15, 0.2) is 59.7 Å². The van der Waals surface area contributed by atoms with Crippen LogP contribution < -0.4 is 5.56 Å². The van der Waals surface area contributed by atoms with Crippen LogP contribution in [-0.2, 0) is 11.3 Å². The lowest BCUT2D eigenvalue weighted by atomic mass is 9.97. The number of benzene rings is 2. The normalized spacial score (nSPS) is 15.2. The van der Waals surface area contributed by atoms with Gasteiger partial charge in [-0.2, -0.15) is 0 Å². The molecule has 5 rings (SSSR count). The van der Waals surface area contributed by atoms with E-state index in [1.54, 1.807) is 23.5 Å². The molecule has 0 N–H and O–H groups in total. The highest BCUT2D eigenvalue weighted by atomic mass is 32.1. The maximum Gasteiger partial charge on any atom is 0.261 e. The zero-order valence-corrected chi connectivity index (χ0v) is 16.6. The third-order valence-electron chi connectivity index (χ3n) is 5.54. The highest BCUT2D eigenvalue weighted by Crippen LogP contribution is 2.33. The molecule has 6 nitrogen and oxygen atoms in total. The van der Waals surface area contributed by atoms with Gasteiger partial charge in [-0.15, -0.1) is 11.3 Å². The number of fused-ring (bicyclic) bond motifs is 2. The average Bonchev–Trinajstić information content (AvgIpc) is 3.20. The topological polar surface area (TPSA) is 68.1 Å². The fourth-order valence-electron chi connectivity index (χ4n) is 3.90. The summed E-state index contributed by atoms with van der Waals surface area (Å²) >= 11 is 1.75. The van der Waals surface area contributed by atoms with Crippen molar-refractivity contribution in [3.63, 3.8) is 0 Å². The van der Waals surface area contributed by atoms with Gasteiger partial charge in [0.05, 0.1) is 32.5 Å². The molecule has 2 aromatic carbocycles. The number of para-hydroxylation sites is 2. The Balaban J connectivity index is 1.27. The maximum atomic E-state index is 12.8. The lowest BCUT2D eigenvalue weighted by Gasteiger charge is -2.31. The van der Waals surface area contributed by atoms with Crippen molar-refractivity contribution < 1.29 is 4.79 Å². The Hall–Kier alpha value is -3.06. The number of piperidine rings is 1. The predicted octanol–water partition coefficient (Wildman–Crippen LogP) is 3.41. The molecule has 146 valence electrons. The predicted molar refractivity (Wildman–Crippen MR) is 114 cm³/mol. The summed E-state index contributed by atoms with van der Waals surface area (Å²) in [6.45, 7) is 1.41. The fourth-order valence-corrected chi connectivity index (χ4v) is 5.04. The lowest BCUT2D eigenvalue weighted by molar-refractivity contribution is -0.132. The number of hydrogen-bond acceptors (Lipinski definition) is 5. The standard InChI is InChI=1S/C22H20N4O2S/c27-20(13-26-14-23-17-6-2-1-5-16(17)22(26)28)25-11-9-15(10-12-25)21-24-18-7-3-4-8-19(18)29-21/h1-8,14-15H,9-13H2. The van der Waals surface area contributed by atoms with Crippen LogP contribution in [0.2, 0.25) is 0 Å². The van der Waals surface area contributed by atoms with Crippen molar-refractivity contribution in [3.05, 3.63) is 70.2 Å². The number of carbonyl (C=O) groups is 1. The molecule has 0 spiro atoms. The highest BCUT2D eigenvalue weighted by Gasteiger charge is 2.26. The molecule has 1 saturated heterocycles. The smallest absolute Gasteiger partial charge is 0.261 e. The first kappa shape index (κ1) is 18.0. The van der Waals surface area contributed by atoms with Crippen molar-refractivity contribution in [1.29, 1.82) is 0 Å². The summed E-state index contributed by atoms with van der Waals surface area (Å²) in [4.78, 5) is 36.3. The van der Waals surface area contributed by atoms with Crippen molar-refractivity contribution in [3.8, 4) is 0 Å². The van der Waals surface area contributed by atoms with Crippen molar-refractivity contribution in [2.45, 2.75) is 25.3 Å². The Morgan fingerprint density at radius 3 is 2.55 bits per heavy atom. The molecule has 0 atom stereocenters. The van der Waals surface area contributed by atoms with E-state index in [9.17, 15) is 9.59 Å². The summed E-state index contributed by atoms with van der Waals surface area (Å²) in [5.41, 5.74) is 1.53. The largest absolute Gasteiger partial charge is 0.341 e. The molecule has 1 fully saturated rings. The van der Waals surface area contributed by atoms with Gasteiger partial charge in [0, 0.05) is 19.0 Å². The third-order valence-corrected chi connectivity index (χ3v) is 6.74. The number of rotatable bonds is 3. The van der Waals surface area contributed by atoms with Gasteiger partial charge in [0.1, 0.15) is 6.54 Å². The Labute approximate surface area is 171 Å². The molecular formula is C22H20N4O2S. The van der Waals surface area contributed by atoms with Crippen molar-refractivity contribution in [2.75, 3.05) is 13.1 Å². The van der Waals surface area contributed by atoms with Crippen LogP contribution in [0.4, 0.5) is 0 Å². The van der Waals surface area contributed by atoms with Crippen LogP contribution in [0.1, 0.15) is 23.8 Å². The van der Waals surface area contributed by atoms with E-state index in [4.69, 9.17) is 4.98 Å². The summed E-state index contributed by atoms with van der Waals surface area (Å²) < 4.78 is 2.62. The molecular weight excluding hydrogens is 384 g/mol. The minimum absolute atomic E-state index is 0.0302. The first-order chi connectivity index (χ1) is 14.2. The van der Waals surface area contributed by atoms with Gasteiger partial charge < -0.3 is 4.90 Å². The van der Waals surface area contributed by atoms with Gasteiger partial charge in [0.15, 0.2) is 0 Å². The zero-order chi connectivity index (χ0) is 19.8. The van der Waals surface area contributed by atoms with Crippen LogP contribution in [0.3, 0.4) is 0 Å². The summed E-state index contributed by atoms with van der Waals surface area (Å²) in [7, 11) is 0. The molecule has 2 aromatic heterocycles. The van der Waals surface area contributed by atoms with Crippen LogP contribution in [0, 0.1) is 0 Å². The molecule has 1 amide bonds. The van der Waals surface area contributed by atoms with E-state index in [0.717, 1.165) is 23.4 Å². The van der Waals surface area contributed by atoms with Crippen LogP contribution >= 0.6 is 11.3 Å². The second-order valence-corrected chi connectivity index (χ2v) is 8.43. The van der Waals surface area contributed by atoms with Crippen molar-refractivity contribution in [2.24, 2.45) is 0 Å². The first-order valence-corrected chi connectivity index (χ1v) is 10.6. The summed E-state index contributed by atoms with van der Waals surface area (Å²) in [6, 6.07) is 15.4. The number of hydrogen-bond donors (Lipinski definition) is 0. The molecule has 7 heteroatoms. The molecule has 0 saturated carbocycles. The molecule has 0 bridgehead atoms. The zero-order valence-electron chi connectivity index (χ0n) is 15.8. The molecule has 29 heavy (non-hydrogen) atoms. The summed E-state index contributed by atoms with van der Waals surface area (Å²) in [6.07, 6.45) is 3.27. The Bertz CT molecular complexity index is 1220. The monoisotopic (exact) mass is 404 g/mol. The quantitative estimate of drug-likeness (QED) is 0.525. The van der Waals surface area contributed by atoms with Crippen LogP contribution in [-0.4, -0.2) is 38.4 Å². The van der Waals surface area contributed by atoms with E-state index < -0.39 is 0 Å². The van der Waals surface area contributed by atoms with E-state index in [1.807, 2.05) is 35.2 Å². The average molecular weight is 404 g/mol. The van der Waals surface area contributed by atoms with Gasteiger partial charge in [0.25, 0.3) is 5.56 Å². The molecule has 0 radical (unpaired) electrons. The van der Waals surface area contributed by atoms with Gasteiger partial charge in [-0.25, -0.2) is 9.97 Å². The van der Waals surface area contributed by atoms with Gasteiger partial charge in [-0.05, 0) is 37.1 Å². The second-order valence-electron chi connectivity index (χ2n) is 7.37. The Morgan fingerprint density at radius 1 is 1.03 bits per heavy atom. The second kappa shape index (κ2) is 7.40. The molecule has 0 unspecified atom stereocenters. The molecule has 0 aliphatic carbocycles. The number of carbonyl (C=O) groups excluding carboxylic acids is 1. The Kier molecular flexibility index (Phi) is 4.60. The van der Waals surface area contributed by atoms with Crippen LogP contribution in [0.5, 0.6) is 0 Å². The highest BCUT2D eigenvalue weighted by molar-refractivity contribution is 7.18. The number of amides is 1. The number of likely N-dealkylation sites (tertiary alicyclic amines) is 1. The molecule has 1 aliphatic heterocycles. The van der Waals surface area contributed by atoms with E-state index in [1.165, 1.54) is 15.6 Å². The number of nitrogens with zero attached hydrogens (tertiary/aromatic N) is 4. The minimum Gasteiger partial charge on any atom is -0.341 e. The number of aromatic nitrogens is 3. The number of thiazole rings is 1. The van der Waals surface area contributed by atoms with Crippen LogP contribution in [0.25, 0.3) is 21.1 Å². The van der Waals surface area contributed by atoms with Gasteiger partial charge in [-0.1, -0.05) is 24.3 Å². The van der Waals surface area contributed by atoms with Gasteiger partial charge in [-0.3, -0.25) is 14.2 Å². The van der Waals surface area contributed by atoms with Crippen molar-refractivity contribution >= 4 is 38.4 Å². The molecule has 4 aromatic rings. The van der Waals surface area contributed by atoms with Crippen molar-refractivity contribution in [1.82, 2.24) is 19.4 Å². The lowest BCUT2D eigenvalue weighted by Crippen LogP contribution is -2.41. The van der Waals surface area contributed by atoms with E-state index in [0.29, 0.717) is 29.9 Å². The van der Waals surface area contributed by atoms with E-state index in [-0.39, 0.29) is 18.0 Å². The van der Waals surface area contributed by atoms with Gasteiger partial charge in [0.2, 0.25) is 5.91 Å². The van der Waals surface area contributed by atoms with E-state index >= 15 is 0 Å². The van der Waals surface area contributed by atoms with E-state index in [2.05, 4.69) is 11.1 Å². The summed E-state index contributed by atoms with van der Waals surface area (Å²) in [5.74, 6) is 0.355. The third kappa shape index (κ3) is 3.42. The minimum atomic E-state index is -0.173. The SMILES string of the molecule is O=C(Cn1cnc2ccccc2c1=O)N1CCC(c2nc3ccccc3s2)CC1. The molecule has 1 aliphatic rings. The summed E-state index contributed by atoms with van der Waals surface area (Å²) in [5, 5.41) is 1.70. The molecule has 3 heterocycles. The Morgan fingerprint density at radius 2 is 1.76 bits per heavy atom. The van der Waals surface area contributed by atoms with Gasteiger partial charge >= 0.3 is 0 Å². The first-order valence-electron chi connectivity index (χ1n) is 9.76. The fraction of sp³-hybridized carbons (Fsp3) is 0.273. The maximum absolute atomic E-state index is 12.8.